The van der Waals surface area contributed by atoms with Crippen LogP contribution in [0.25, 0.3) is 0 Å². The van der Waals surface area contributed by atoms with E-state index in [1.807, 2.05) is 30.3 Å². The van der Waals surface area contributed by atoms with Crippen molar-refractivity contribution in [1.29, 1.82) is 0 Å². The summed E-state index contributed by atoms with van der Waals surface area (Å²) in [5.74, 6) is 0.795. The second kappa shape index (κ2) is 7.47. The Balaban J connectivity index is 1.83. The molecule has 0 amide bonds. The van der Waals surface area contributed by atoms with Crippen LogP contribution < -0.4 is 14.8 Å². The van der Waals surface area contributed by atoms with Crippen LogP contribution in [0.2, 0.25) is 0 Å². The van der Waals surface area contributed by atoms with Gasteiger partial charge in [0.2, 0.25) is 0 Å². The summed E-state index contributed by atoms with van der Waals surface area (Å²) in [6.07, 6.45) is 1.82. The first-order chi connectivity index (χ1) is 11.3. The molecule has 0 saturated carbocycles. The maximum Gasteiger partial charge on any atom is 0.172 e. The van der Waals surface area contributed by atoms with Crippen LogP contribution in [0, 0.1) is 5.82 Å². The van der Waals surface area contributed by atoms with Crippen LogP contribution in [0.1, 0.15) is 29.9 Å². The van der Waals surface area contributed by atoms with Gasteiger partial charge in [-0.25, -0.2) is 4.39 Å². The Hall–Kier alpha value is -2.07. The average Bonchev–Trinajstić information content (AvgIpc) is 2.62. The Morgan fingerprint density at radius 3 is 2.43 bits per heavy atom. The van der Waals surface area contributed by atoms with Gasteiger partial charge in [0.25, 0.3) is 0 Å². The number of hydrogen-bond donors (Lipinski definition) is 1. The van der Waals surface area contributed by atoms with Crippen molar-refractivity contribution in [3.8, 4) is 11.5 Å². The van der Waals surface area contributed by atoms with Crippen molar-refractivity contribution in [2.45, 2.75) is 25.4 Å². The third kappa shape index (κ3) is 3.64. The first kappa shape index (κ1) is 15.8. The highest BCUT2D eigenvalue weighted by atomic mass is 19.1. The number of rotatable bonds is 5. The molecular formula is C19H22FNO2. The minimum absolute atomic E-state index is 0.173. The van der Waals surface area contributed by atoms with Crippen LogP contribution in [0.4, 0.5) is 4.39 Å². The SMILES string of the molecule is COc1ccc(OCc2ccccc2)c(F)c1C1CCNCC1. The number of nitrogens with one attached hydrogen (secondary N) is 1. The normalized spacial score (nSPS) is 15.4. The minimum Gasteiger partial charge on any atom is -0.496 e. The Labute approximate surface area is 136 Å². The maximum atomic E-state index is 15.0. The van der Waals surface area contributed by atoms with Crippen molar-refractivity contribution in [1.82, 2.24) is 5.32 Å². The summed E-state index contributed by atoms with van der Waals surface area (Å²) in [6, 6.07) is 13.2. The van der Waals surface area contributed by atoms with E-state index in [-0.39, 0.29) is 11.7 Å². The van der Waals surface area contributed by atoms with Crippen LogP contribution in [0.5, 0.6) is 11.5 Å². The number of piperidine rings is 1. The van der Waals surface area contributed by atoms with Crippen molar-refractivity contribution >= 4 is 0 Å². The lowest BCUT2D eigenvalue weighted by atomic mass is 9.89. The van der Waals surface area contributed by atoms with E-state index in [1.54, 1.807) is 19.2 Å². The molecule has 2 aromatic rings. The Morgan fingerprint density at radius 1 is 1.04 bits per heavy atom. The maximum absolute atomic E-state index is 15.0. The molecule has 0 unspecified atom stereocenters. The molecule has 0 radical (unpaired) electrons. The second-order valence-electron chi connectivity index (χ2n) is 5.79. The Kier molecular flexibility index (Phi) is 5.13. The molecule has 1 aliphatic rings. The van der Waals surface area contributed by atoms with E-state index in [4.69, 9.17) is 9.47 Å². The summed E-state index contributed by atoms with van der Waals surface area (Å²) in [6.45, 7) is 2.17. The van der Waals surface area contributed by atoms with Gasteiger partial charge in [0.05, 0.1) is 7.11 Å². The fourth-order valence-corrected chi connectivity index (χ4v) is 3.07. The molecule has 0 aromatic heterocycles. The molecule has 4 heteroatoms. The summed E-state index contributed by atoms with van der Waals surface area (Å²) in [5, 5.41) is 3.31. The summed E-state index contributed by atoms with van der Waals surface area (Å²) in [7, 11) is 1.59. The van der Waals surface area contributed by atoms with E-state index in [1.165, 1.54) is 0 Å². The van der Waals surface area contributed by atoms with E-state index < -0.39 is 0 Å². The number of methoxy groups -OCH3 is 1. The van der Waals surface area contributed by atoms with Crippen molar-refractivity contribution in [3.05, 3.63) is 59.4 Å². The van der Waals surface area contributed by atoms with E-state index >= 15 is 0 Å². The van der Waals surface area contributed by atoms with Crippen LogP contribution in [-0.4, -0.2) is 20.2 Å². The summed E-state index contributed by atoms with van der Waals surface area (Å²) in [4.78, 5) is 0. The smallest absolute Gasteiger partial charge is 0.172 e. The van der Waals surface area contributed by atoms with Crippen LogP contribution in [0.15, 0.2) is 42.5 Å². The molecule has 2 aromatic carbocycles. The highest BCUT2D eigenvalue weighted by Crippen LogP contribution is 2.38. The molecule has 1 N–H and O–H groups in total. The van der Waals surface area contributed by atoms with Gasteiger partial charge in [0, 0.05) is 5.56 Å². The molecule has 0 spiro atoms. The zero-order valence-corrected chi connectivity index (χ0v) is 13.3. The predicted molar refractivity (Wildman–Crippen MR) is 88.6 cm³/mol. The van der Waals surface area contributed by atoms with Crippen LogP contribution in [0.3, 0.4) is 0 Å². The van der Waals surface area contributed by atoms with Gasteiger partial charge < -0.3 is 14.8 Å². The molecule has 3 nitrogen and oxygen atoms in total. The largest absolute Gasteiger partial charge is 0.496 e. The highest BCUT2D eigenvalue weighted by molar-refractivity contribution is 5.44. The van der Waals surface area contributed by atoms with E-state index in [0.29, 0.717) is 23.7 Å². The topological polar surface area (TPSA) is 30.5 Å². The van der Waals surface area contributed by atoms with E-state index in [9.17, 15) is 4.39 Å². The van der Waals surface area contributed by atoms with Crippen molar-refractivity contribution in [2.24, 2.45) is 0 Å². The van der Waals surface area contributed by atoms with Crippen molar-refractivity contribution < 1.29 is 13.9 Å². The van der Waals surface area contributed by atoms with Gasteiger partial charge in [-0.1, -0.05) is 30.3 Å². The molecule has 3 rings (SSSR count). The lowest BCUT2D eigenvalue weighted by Gasteiger charge is -2.25. The minimum atomic E-state index is -0.285. The van der Waals surface area contributed by atoms with Gasteiger partial charge in [-0.15, -0.1) is 0 Å². The third-order valence-electron chi connectivity index (χ3n) is 4.31. The van der Waals surface area contributed by atoms with Crippen LogP contribution >= 0.6 is 0 Å². The third-order valence-corrected chi connectivity index (χ3v) is 4.31. The standard InChI is InChI=1S/C19H22FNO2/c1-22-16-7-8-17(23-13-14-5-3-2-4-6-14)19(20)18(16)15-9-11-21-12-10-15/h2-8,15,21H,9-13H2,1H3. The second-order valence-corrected chi connectivity index (χ2v) is 5.79. The fraction of sp³-hybridized carbons (Fsp3) is 0.368. The van der Waals surface area contributed by atoms with Crippen molar-refractivity contribution in [2.75, 3.05) is 20.2 Å². The van der Waals surface area contributed by atoms with Crippen LogP contribution in [-0.2, 0) is 6.61 Å². The molecule has 122 valence electrons. The quantitative estimate of drug-likeness (QED) is 0.908. The summed E-state index contributed by atoms with van der Waals surface area (Å²) >= 11 is 0. The monoisotopic (exact) mass is 315 g/mol. The molecule has 1 aliphatic heterocycles. The first-order valence-electron chi connectivity index (χ1n) is 8.03. The molecule has 1 saturated heterocycles. The predicted octanol–water partition coefficient (Wildman–Crippen LogP) is 3.88. The Morgan fingerprint density at radius 2 is 1.74 bits per heavy atom. The highest BCUT2D eigenvalue weighted by Gasteiger charge is 2.25. The zero-order chi connectivity index (χ0) is 16.1. The molecule has 0 atom stereocenters. The first-order valence-corrected chi connectivity index (χ1v) is 8.03. The van der Waals surface area contributed by atoms with E-state index in [2.05, 4.69) is 5.32 Å². The lowest BCUT2D eigenvalue weighted by Crippen LogP contribution is -2.27. The number of halogens is 1. The number of ether oxygens (including phenoxy) is 2. The summed E-state index contributed by atoms with van der Waals surface area (Å²) < 4.78 is 26.1. The number of hydrogen-bond acceptors (Lipinski definition) is 3. The van der Waals surface area contributed by atoms with Gasteiger partial charge in [-0.2, -0.15) is 0 Å². The van der Waals surface area contributed by atoms with Crippen molar-refractivity contribution in [3.63, 3.8) is 0 Å². The molecule has 0 bridgehead atoms. The van der Waals surface area contributed by atoms with Gasteiger partial charge >= 0.3 is 0 Å². The summed E-state index contributed by atoms with van der Waals surface area (Å²) in [5.41, 5.74) is 1.67. The lowest BCUT2D eigenvalue weighted by molar-refractivity contribution is 0.285. The van der Waals surface area contributed by atoms with Gasteiger partial charge in [-0.3, -0.25) is 0 Å². The average molecular weight is 315 g/mol. The van der Waals surface area contributed by atoms with Gasteiger partial charge in [-0.05, 0) is 49.5 Å². The van der Waals surface area contributed by atoms with E-state index in [0.717, 1.165) is 31.5 Å². The molecular weight excluding hydrogens is 293 g/mol. The van der Waals surface area contributed by atoms with Gasteiger partial charge in [0.15, 0.2) is 11.6 Å². The zero-order valence-electron chi connectivity index (χ0n) is 13.3. The number of benzene rings is 2. The molecule has 23 heavy (non-hydrogen) atoms. The fourth-order valence-electron chi connectivity index (χ4n) is 3.07. The Bertz CT molecular complexity index is 639. The van der Waals surface area contributed by atoms with Gasteiger partial charge in [0.1, 0.15) is 12.4 Å². The molecule has 1 fully saturated rings. The molecule has 0 aliphatic carbocycles. The molecule has 1 heterocycles.